The minimum Gasteiger partial charge on any atom is -0.396 e. The smallest absolute Gasteiger partial charge is 0.167 e. The number of imidazole rings is 1. The number of morpholine rings is 1. The lowest BCUT2D eigenvalue weighted by atomic mass is 10.2. The van der Waals surface area contributed by atoms with Crippen LogP contribution in [-0.2, 0) is 9.47 Å². The topological polar surface area (TPSA) is 118 Å². The number of aromatic nitrogens is 4. The Kier molecular flexibility index (Phi) is 6.69. The van der Waals surface area contributed by atoms with E-state index in [0.29, 0.717) is 49.6 Å². The number of aliphatic hydroxyl groups excluding tert-OH is 2. The number of hydrogen-bond acceptors (Lipinski definition) is 9. The van der Waals surface area contributed by atoms with E-state index in [9.17, 15) is 5.11 Å². The number of nitrogens with one attached hydrogen (secondary N) is 1. The van der Waals surface area contributed by atoms with E-state index in [2.05, 4.69) is 25.2 Å². The van der Waals surface area contributed by atoms with Crippen LogP contribution >= 0.6 is 0 Å². The van der Waals surface area contributed by atoms with Gasteiger partial charge in [-0.2, -0.15) is 0 Å². The molecule has 3 N–H and O–H groups in total. The number of fused-ring (bicyclic) bond motifs is 1. The summed E-state index contributed by atoms with van der Waals surface area (Å²) >= 11 is 0. The summed E-state index contributed by atoms with van der Waals surface area (Å²) in [5, 5.41) is 21.7. The fourth-order valence-corrected chi connectivity index (χ4v) is 3.03. The van der Waals surface area contributed by atoms with Gasteiger partial charge in [0.1, 0.15) is 12.6 Å². The monoisotopic (exact) mass is 366 g/mol. The number of rotatable bonds is 9. The molecule has 0 bridgehead atoms. The van der Waals surface area contributed by atoms with Crippen molar-refractivity contribution < 1.29 is 19.7 Å². The van der Waals surface area contributed by atoms with Crippen LogP contribution in [-0.4, -0.2) is 93.8 Å². The molecule has 10 heteroatoms. The maximum Gasteiger partial charge on any atom is 0.167 e. The van der Waals surface area contributed by atoms with Gasteiger partial charge in [0, 0.05) is 39.9 Å². The Morgan fingerprint density at radius 1 is 1.31 bits per heavy atom. The number of aliphatic hydroxyl groups is 2. The van der Waals surface area contributed by atoms with Gasteiger partial charge in [-0.1, -0.05) is 0 Å². The lowest BCUT2D eigenvalue weighted by Crippen LogP contribution is -2.48. The number of methoxy groups -OCH3 is 1. The van der Waals surface area contributed by atoms with Crippen molar-refractivity contribution in [2.75, 3.05) is 58.4 Å². The van der Waals surface area contributed by atoms with Crippen molar-refractivity contribution in [3.05, 3.63) is 12.7 Å². The second-order valence-corrected chi connectivity index (χ2v) is 6.20. The summed E-state index contributed by atoms with van der Waals surface area (Å²) in [6.07, 6.45) is 3.23. The standard InChI is InChI=1S/C16H26N6O4/c1-25-6-4-21-7-12(9-24)26-13(8-21)22-11-20-14-15(17-3-2-5-23)18-10-19-16(14)22/h10-13,23-24H,2-9H2,1H3,(H,17,18,19)/t12-,13+/m0/s1. The van der Waals surface area contributed by atoms with Crippen LogP contribution in [0.1, 0.15) is 12.6 Å². The molecule has 1 fully saturated rings. The van der Waals surface area contributed by atoms with Crippen molar-refractivity contribution in [3.8, 4) is 0 Å². The molecule has 0 unspecified atom stereocenters. The Hall–Kier alpha value is -1.85. The second kappa shape index (κ2) is 9.19. The first-order chi connectivity index (χ1) is 12.8. The van der Waals surface area contributed by atoms with Gasteiger partial charge in [-0.05, 0) is 6.42 Å². The van der Waals surface area contributed by atoms with Gasteiger partial charge in [0.15, 0.2) is 17.0 Å². The highest BCUT2D eigenvalue weighted by atomic mass is 16.5. The lowest BCUT2D eigenvalue weighted by molar-refractivity contribution is -0.135. The molecule has 3 heterocycles. The maximum absolute atomic E-state index is 9.56. The molecule has 1 aliphatic heterocycles. The molecule has 0 aliphatic carbocycles. The van der Waals surface area contributed by atoms with E-state index in [1.807, 2.05) is 4.57 Å². The van der Waals surface area contributed by atoms with Crippen molar-refractivity contribution in [1.29, 1.82) is 0 Å². The highest BCUT2D eigenvalue weighted by Gasteiger charge is 2.29. The van der Waals surface area contributed by atoms with E-state index >= 15 is 0 Å². The zero-order valence-corrected chi connectivity index (χ0v) is 14.9. The summed E-state index contributed by atoms with van der Waals surface area (Å²) in [5.74, 6) is 0.632. The normalized spacial score (nSPS) is 21.3. The summed E-state index contributed by atoms with van der Waals surface area (Å²) in [7, 11) is 1.67. The predicted molar refractivity (Wildman–Crippen MR) is 94.8 cm³/mol. The molecule has 144 valence electrons. The number of hydrogen-bond donors (Lipinski definition) is 3. The van der Waals surface area contributed by atoms with Gasteiger partial charge in [0.25, 0.3) is 0 Å². The molecular weight excluding hydrogens is 340 g/mol. The minimum atomic E-state index is -0.303. The van der Waals surface area contributed by atoms with Crippen LogP contribution in [0.2, 0.25) is 0 Å². The van der Waals surface area contributed by atoms with Crippen LogP contribution in [0.4, 0.5) is 5.82 Å². The quantitative estimate of drug-likeness (QED) is 0.503. The largest absolute Gasteiger partial charge is 0.396 e. The number of ether oxygens (including phenoxy) is 2. The van der Waals surface area contributed by atoms with Crippen LogP contribution in [0, 0.1) is 0 Å². The van der Waals surface area contributed by atoms with Crippen LogP contribution in [0.15, 0.2) is 12.7 Å². The zero-order valence-electron chi connectivity index (χ0n) is 14.9. The van der Waals surface area contributed by atoms with Gasteiger partial charge in [-0.25, -0.2) is 15.0 Å². The SMILES string of the molecule is COCCN1C[C@@H](CO)O[C@@H](n2cnc3c(NCCCO)ncnc32)C1. The third-order valence-electron chi connectivity index (χ3n) is 4.34. The van der Waals surface area contributed by atoms with Crippen molar-refractivity contribution in [2.45, 2.75) is 18.8 Å². The van der Waals surface area contributed by atoms with Gasteiger partial charge in [-0.3, -0.25) is 9.47 Å². The molecule has 1 saturated heterocycles. The number of anilines is 1. The summed E-state index contributed by atoms with van der Waals surface area (Å²) in [4.78, 5) is 15.2. The summed E-state index contributed by atoms with van der Waals surface area (Å²) in [6, 6.07) is 0. The third kappa shape index (κ3) is 4.27. The maximum atomic E-state index is 9.56. The Bertz CT molecular complexity index is 696. The molecule has 2 aromatic rings. The molecule has 3 rings (SSSR count). The third-order valence-corrected chi connectivity index (χ3v) is 4.34. The lowest BCUT2D eigenvalue weighted by Gasteiger charge is -2.37. The predicted octanol–water partition coefficient (Wildman–Crippen LogP) is -0.541. The first-order valence-electron chi connectivity index (χ1n) is 8.76. The van der Waals surface area contributed by atoms with E-state index in [4.69, 9.17) is 14.6 Å². The van der Waals surface area contributed by atoms with Crippen molar-refractivity contribution in [3.63, 3.8) is 0 Å². The average molecular weight is 366 g/mol. The van der Waals surface area contributed by atoms with E-state index in [-0.39, 0.29) is 25.5 Å². The molecule has 26 heavy (non-hydrogen) atoms. The number of nitrogens with zero attached hydrogens (tertiary/aromatic N) is 5. The highest BCUT2D eigenvalue weighted by molar-refractivity contribution is 5.82. The molecule has 0 aromatic carbocycles. The van der Waals surface area contributed by atoms with Crippen molar-refractivity contribution >= 4 is 17.0 Å². The van der Waals surface area contributed by atoms with E-state index < -0.39 is 0 Å². The summed E-state index contributed by atoms with van der Waals surface area (Å²) < 4.78 is 13.0. The van der Waals surface area contributed by atoms with E-state index in [0.717, 1.165) is 6.54 Å². The van der Waals surface area contributed by atoms with Crippen molar-refractivity contribution in [1.82, 2.24) is 24.4 Å². The van der Waals surface area contributed by atoms with E-state index in [1.54, 1.807) is 13.4 Å². The van der Waals surface area contributed by atoms with Gasteiger partial charge >= 0.3 is 0 Å². The molecular formula is C16H26N6O4. The highest BCUT2D eigenvalue weighted by Crippen LogP contribution is 2.25. The van der Waals surface area contributed by atoms with Gasteiger partial charge in [0.05, 0.1) is 25.6 Å². The van der Waals surface area contributed by atoms with Crippen LogP contribution in [0.3, 0.4) is 0 Å². The molecule has 0 saturated carbocycles. The molecule has 0 spiro atoms. The first-order valence-corrected chi connectivity index (χ1v) is 8.76. The summed E-state index contributed by atoms with van der Waals surface area (Å²) in [6.45, 7) is 3.38. The second-order valence-electron chi connectivity index (χ2n) is 6.20. The van der Waals surface area contributed by atoms with Gasteiger partial charge in [0.2, 0.25) is 0 Å². The molecule has 2 aromatic heterocycles. The van der Waals surface area contributed by atoms with Gasteiger partial charge in [-0.15, -0.1) is 0 Å². The summed E-state index contributed by atoms with van der Waals surface area (Å²) in [5.41, 5.74) is 1.32. The zero-order chi connectivity index (χ0) is 18.4. The molecule has 10 nitrogen and oxygen atoms in total. The van der Waals surface area contributed by atoms with E-state index in [1.165, 1.54) is 6.33 Å². The van der Waals surface area contributed by atoms with Crippen LogP contribution in [0.25, 0.3) is 11.2 Å². The van der Waals surface area contributed by atoms with Gasteiger partial charge < -0.3 is 25.0 Å². The molecule has 0 radical (unpaired) electrons. The van der Waals surface area contributed by atoms with Crippen LogP contribution in [0.5, 0.6) is 0 Å². The Balaban J connectivity index is 1.81. The average Bonchev–Trinajstić information content (AvgIpc) is 3.11. The fourth-order valence-electron chi connectivity index (χ4n) is 3.03. The van der Waals surface area contributed by atoms with Crippen LogP contribution < -0.4 is 5.32 Å². The fraction of sp³-hybridized carbons (Fsp3) is 0.688. The minimum absolute atomic E-state index is 0.0461. The Morgan fingerprint density at radius 2 is 2.19 bits per heavy atom. The Morgan fingerprint density at radius 3 is 2.96 bits per heavy atom. The molecule has 1 aliphatic rings. The first kappa shape index (κ1) is 18.9. The van der Waals surface area contributed by atoms with Crippen molar-refractivity contribution in [2.24, 2.45) is 0 Å². The molecule has 0 amide bonds. The Labute approximate surface area is 151 Å². The molecule has 2 atom stereocenters.